The summed E-state index contributed by atoms with van der Waals surface area (Å²) in [5, 5.41) is 8.79. The van der Waals surface area contributed by atoms with Crippen LogP contribution in [-0.4, -0.2) is 42.3 Å². The summed E-state index contributed by atoms with van der Waals surface area (Å²) in [7, 11) is 1.56. The first kappa shape index (κ1) is 27.9. The number of esters is 1. The Bertz CT molecular complexity index is 1610. The quantitative estimate of drug-likeness (QED) is 0.157. The van der Waals surface area contributed by atoms with Gasteiger partial charge in [-0.15, -0.1) is 0 Å². The van der Waals surface area contributed by atoms with Crippen LogP contribution in [0.15, 0.2) is 59.5 Å². The van der Waals surface area contributed by atoms with Gasteiger partial charge < -0.3 is 30.0 Å². The van der Waals surface area contributed by atoms with Gasteiger partial charge in [0.2, 0.25) is 0 Å². The number of halogens is 2. The Morgan fingerprint density at radius 3 is 2.44 bits per heavy atom. The molecule has 1 fully saturated rings. The number of carbonyl (C=O) groups is 1. The molecule has 0 bridgehead atoms. The minimum Gasteiger partial charge on any atom is -0.497 e. The van der Waals surface area contributed by atoms with Gasteiger partial charge in [-0.25, -0.2) is 18.6 Å². The van der Waals surface area contributed by atoms with Crippen LogP contribution < -0.4 is 26.1 Å². The number of rotatable bonds is 12. The van der Waals surface area contributed by atoms with Gasteiger partial charge >= 0.3 is 5.97 Å². The van der Waals surface area contributed by atoms with Crippen molar-refractivity contribution in [3.8, 4) is 5.75 Å². The molecule has 41 heavy (non-hydrogen) atoms. The third-order valence-corrected chi connectivity index (χ3v) is 6.79. The molecule has 0 unspecified atom stereocenters. The Labute approximate surface area is 235 Å². The van der Waals surface area contributed by atoms with Crippen LogP contribution in [0, 0.1) is 11.6 Å². The van der Waals surface area contributed by atoms with E-state index in [1.807, 2.05) is 6.07 Å². The van der Waals surface area contributed by atoms with Crippen molar-refractivity contribution >= 4 is 34.1 Å². The summed E-state index contributed by atoms with van der Waals surface area (Å²) in [6.07, 6.45) is 3.01. The van der Waals surface area contributed by atoms with Gasteiger partial charge in [0, 0.05) is 37.9 Å². The Morgan fingerprint density at radius 2 is 1.78 bits per heavy atom. The second kappa shape index (κ2) is 12.2. The van der Waals surface area contributed by atoms with Crippen molar-refractivity contribution in [2.24, 2.45) is 0 Å². The summed E-state index contributed by atoms with van der Waals surface area (Å²) in [5.41, 5.74) is -0.622. The van der Waals surface area contributed by atoms with Gasteiger partial charge in [-0.2, -0.15) is 0 Å². The number of methoxy groups -OCH3 is 1. The average Bonchev–Trinajstić information content (AvgIpc) is 3.83. The summed E-state index contributed by atoms with van der Waals surface area (Å²) < 4.78 is 44.2. The lowest BCUT2D eigenvalue weighted by molar-refractivity contribution is 0.0513. The average molecular weight is 564 g/mol. The molecule has 5 rings (SSSR count). The van der Waals surface area contributed by atoms with Crippen LogP contribution in [0.2, 0.25) is 0 Å². The lowest BCUT2D eigenvalue weighted by Crippen LogP contribution is -2.23. The van der Waals surface area contributed by atoms with Crippen LogP contribution in [0.25, 0.3) is 10.9 Å². The van der Waals surface area contributed by atoms with Crippen LogP contribution in [0.1, 0.15) is 41.9 Å². The molecule has 0 aliphatic heterocycles. The molecule has 1 aliphatic carbocycles. The molecule has 9 nitrogen and oxygen atoms in total. The van der Waals surface area contributed by atoms with Crippen LogP contribution >= 0.6 is 0 Å². The molecule has 0 radical (unpaired) electrons. The molecule has 214 valence electrons. The maximum Gasteiger partial charge on any atom is 0.355 e. The van der Waals surface area contributed by atoms with Crippen LogP contribution in [0.3, 0.4) is 0 Å². The first-order valence-electron chi connectivity index (χ1n) is 13.5. The topological polar surface area (TPSA) is 107 Å². The molecule has 1 aliphatic rings. The summed E-state index contributed by atoms with van der Waals surface area (Å²) in [4.78, 5) is 30.4. The summed E-state index contributed by atoms with van der Waals surface area (Å²) in [6, 6.07) is 13.4. The van der Waals surface area contributed by atoms with E-state index in [4.69, 9.17) is 9.47 Å². The van der Waals surface area contributed by atoms with Gasteiger partial charge in [0.15, 0.2) is 17.1 Å². The number of anilines is 3. The van der Waals surface area contributed by atoms with Crippen molar-refractivity contribution in [1.29, 1.82) is 0 Å². The molecule has 0 saturated heterocycles. The number of ether oxygens (including phenoxy) is 2. The van der Waals surface area contributed by atoms with Crippen molar-refractivity contribution in [2.45, 2.75) is 32.4 Å². The summed E-state index contributed by atoms with van der Waals surface area (Å²) >= 11 is 0. The second-order valence-corrected chi connectivity index (χ2v) is 9.59. The van der Waals surface area contributed by atoms with Gasteiger partial charge in [0.1, 0.15) is 22.9 Å². The van der Waals surface area contributed by atoms with Crippen LogP contribution in [-0.2, 0) is 11.3 Å². The monoisotopic (exact) mass is 563 g/mol. The van der Waals surface area contributed by atoms with E-state index >= 15 is 8.78 Å². The Hall–Kier alpha value is -4.67. The molecule has 4 aromatic rings. The van der Waals surface area contributed by atoms with E-state index in [2.05, 4.69) is 20.9 Å². The minimum absolute atomic E-state index is 0.0544. The zero-order valence-electron chi connectivity index (χ0n) is 22.8. The highest BCUT2D eigenvalue weighted by Gasteiger charge is 2.34. The number of nitrogens with one attached hydrogen (secondary N) is 3. The molecule has 0 atom stereocenters. The van der Waals surface area contributed by atoms with Gasteiger partial charge in [-0.3, -0.25) is 4.79 Å². The highest BCUT2D eigenvalue weighted by atomic mass is 19.1. The van der Waals surface area contributed by atoms with E-state index in [0.29, 0.717) is 31.0 Å². The standard InChI is InChI=1S/C30H31F2N5O4/c1-3-41-30(39)21-16-22(38)24-27(36-17-18-7-11-20(40-2)12-8-18)25(31)28(26(32)29(24)37(21)19-9-10-19)35-15-14-34-23-6-4-5-13-33-23/h4-8,11-13,16,19,35-36H,3,9-10,14-15,17H2,1-2H3,(H,33,34). The van der Waals surface area contributed by atoms with E-state index in [0.717, 1.165) is 11.6 Å². The first-order chi connectivity index (χ1) is 19.9. The number of nitrogens with zero attached hydrogens (tertiary/aromatic N) is 2. The number of fused-ring (bicyclic) bond motifs is 1. The molecule has 3 N–H and O–H groups in total. The third-order valence-electron chi connectivity index (χ3n) is 6.79. The minimum atomic E-state index is -0.944. The smallest absolute Gasteiger partial charge is 0.355 e. The zero-order valence-corrected chi connectivity index (χ0v) is 22.8. The highest BCUT2D eigenvalue weighted by Crippen LogP contribution is 2.42. The maximum absolute atomic E-state index is 16.3. The van der Waals surface area contributed by atoms with Crippen molar-refractivity contribution in [1.82, 2.24) is 9.55 Å². The molecule has 2 heterocycles. The molecular weight excluding hydrogens is 532 g/mol. The molecule has 1 saturated carbocycles. The SMILES string of the molecule is CCOC(=O)c1cc(=O)c2c(NCc3ccc(OC)cc3)c(F)c(NCCNc3ccccn3)c(F)c2n1C1CC1. The van der Waals surface area contributed by atoms with Gasteiger partial charge in [-0.1, -0.05) is 18.2 Å². The number of aromatic nitrogens is 2. The fourth-order valence-electron chi connectivity index (χ4n) is 4.70. The molecular formula is C30H31F2N5O4. The van der Waals surface area contributed by atoms with Crippen molar-refractivity contribution in [3.63, 3.8) is 0 Å². The Balaban J connectivity index is 1.58. The van der Waals surface area contributed by atoms with E-state index in [9.17, 15) is 9.59 Å². The summed E-state index contributed by atoms with van der Waals surface area (Å²) in [5.74, 6) is -1.32. The predicted octanol–water partition coefficient (Wildman–Crippen LogP) is 5.33. The van der Waals surface area contributed by atoms with E-state index in [-0.39, 0.29) is 48.0 Å². The van der Waals surface area contributed by atoms with Crippen molar-refractivity contribution in [2.75, 3.05) is 42.8 Å². The number of hydrogen-bond acceptors (Lipinski definition) is 8. The van der Waals surface area contributed by atoms with E-state index in [1.54, 1.807) is 56.6 Å². The van der Waals surface area contributed by atoms with Crippen LogP contribution in [0.4, 0.5) is 26.0 Å². The molecule has 2 aromatic carbocycles. The van der Waals surface area contributed by atoms with E-state index < -0.39 is 28.7 Å². The Morgan fingerprint density at radius 1 is 1.02 bits per heavy atom. The molecule has 0 spiro atoms. The van der Waals surface area contributed by atoms with E-state index in [1.165, 1.54) is 4.57 Å². The Kier molecular flexibility index (Phi) is 8.32. The molecule has 2 aromatic heterocycles. The fraction of sp³-hybridized carbons (Fsp3) is 0.300. The maximum atomic E-state index is 16.3. The van der Waals surface area contributed by atoms with Crippen molar-refractivity contribution in [3.05, 3.63) is 87.8 Å². The predicted molar refractivity (Wildman–Crippen MR) is 154 cm³/mol. The lowest BCUT2D eigenvalue weighted by Gasteiger charge is -2.21. The number of benzene rings is 2. The second-order valence-electron chi connectivity index (χ2n) is 9.59. The fourth-order valence-corrected chi connectivity index (χ4v) is 4.70. The largest absolute Gasteiger partial charge is 0.497 e. The highest BCUT2D eigenvalue weighted by molar-refractivity contribution is 5.99. The lowest BCUT2D eigenvalue weighted by atomic mass is 10.1. The summed E-state index contributed by atoms with van der Waals surface area (Å²) in [6.45, 7) is 2.37. The third kappa shape index (κ3) is 5.93. The van der Waals surface area contributed by atoms with Gasteiger partial charge in [0.05, 0.1) is 30.3 Å². The first-order valence-corrected chi connectivity index (χ1v) is 13.5. The van der Waals surface area contributed by atoms with Crippen LogP contribution in [0.5, 0.6) is 5.75 Å². The van der Waals surface area contributed by atoms with Crippen molar-refractivity contribution < 1.29 is 23.0 Å². The van der Waals surface area contributed by atoms with Gasteiger partial charge in [-0.05, 0) is 49.6 Å². The molecule has 0 amide bonds. The number of pyridine rings is 2. The molecule has 11 heteroatoms. The normalized spacial score (nSPS) is 12.7. The number of hydrogen-bond donors (Lipinski definition) is 3. The number of carbonyl (C=O) groups excluding carboxylic acids is 1. The zero-order chi connectivity index (χ0) is 28.9. The van der Waals surface area contributed by atoms with Gasteiger partial charge in [0.25, 0.3) is 0 Å².